The van der Waals surface area contributed by atoms with E-state index in [1.807, 2.05) is 6.20 Å². The lowest BCUT2D eigenvalue weighted by atomic mass is 9.99. The van der Waals surface area contributed by atoms with Crippen molar-refractivity contribution in [1.82, 2.24) is 9.78 Å². The Morgan fingerprint density at radius 1 is 1.29 bits per heavy atom. The Labute approximate surface area is 105 Å². The van der Waals surface area contributed by atoms with E-state index in [1.165, 1.54) is 25.7 Å². The van der Waals surface area contributed by atoms with Gasteiger partial charge >= 0.3 is 0 Å². The summed E-state index contributed by atoms with van der Waals surface area (Å²) in [6.45, 7) is 7.66. The molecule has 0 spiro atoms. The van der Waals surface area contributed by atoms with Gasteiger partial charge in [-0.05, 0) is 18.8 Å². The molecule has 3 nitrogen and oxygen atoms in total. The summed E-state index contributed by atoms with van der Waals surface area (Å²) in [5.74, 6) is 0.751. The van der Waals surface area contributed by atoms with Crippen LogP contribution in [0.2, 0.25) is 0 Å². The quantitative estimate of drug-likeness (QED) is 0.752. The average molecular weight is 237 g/mol. The number of aromatic nitrogens is 2. The van der Waals surface area contributed by atoms with Gasteiger partial charge in [-0.3, -0.25) is 4.68 Å². The van der Waals surface area contributed by atoms with E-state index in [1.54, 1.807) is 0 Å². The standard InChI is InChI=1S/C14H27N3/c1-4-7-8-12(5-2)10-17-11-13(9-16-17)14(15)6-3/h9,11-12,14H,4-8,10,15H2,1-3H3. The molecule has 17 heavy (non-hydrogen) atoms. The summed E-state index contributed by atoms with van der Waals surface area (Å²) in [6, 6.07) is 0.138. The fourth-order valence-electron chi connectivity index (χ4n) is 2.09. The Morgan fingerprint density at radius 3 is 2.65 bits per heavy atom. The molecule has 2 unspecified atom stereocenters. The molecule has 0 aliphatic carbocycles. The van der Waals surface area contributed by atoms with Crippen LogP contribution in [0.15, 0.2) is 12.4 Å². The van der Waals surface area contributed by atoms with Gasteiger partial charge in [0.15, 0.2) is 0 Å². The molecule has 0 bridgehead atoms. The predicted octanol–water partition coefficient (Wildman–Crippen LogP) is 3.51. The maximum atomic E-state index is 6.00. The van der Waals surface area contributed by atoms with Crippen LogP contribution in [0.1, 0.15) is 64.5 Å². The van der Waals surface area contributed by atoms with Gasteiger partial charge in [0.05, 0.1) is 6.20 Å². The summed E-state index contributed by atoms with van der Waals surface area (Å²) in [5.41, 5.74) is 7.16. The van der Waals surface area contributed by atoms with Crippen LogP contribution in [-0.2, 0) is 6.54 Å². The van der Waals surface area contributed by atoms with Gasteiger partial charge in [-0.2, -0.15) is 5.10 Å². The summed E-state index contributed by atoms with van der Waals surface area (Å²) >= 11 is 0. The average Bonchev–Trinajstić information content (AvgIpc) is 2.81. The monoisotopic (exact) mass is 237 g/mol. The van der Waals surface area contributed by atoms with Crippen molar-refractivity contribution in [2.45, 2.75) is 65.5 Å². The van der Waals surface area contributed by atoms with Crippen molar-refractivity contribution >= 4 is 0 Å². The first-order chi connectivity index (χ1) is 8.21. The molecule has 0 saturated carbocycles. The third kappa shape index (κ3) is 4.50. The Morgan fingerprint density at radius 2 is 2.06 bits per heavy atom. The van der Waals surface area contributed by atoms with Gasteiger partial charge in [0.1, 0.15) is 0 Å². The molecule has 1 heterocycles. The number of unbranched alkanes of at least 4 members (excludes halogenated alkanes) is 1. The largest absolute Gasteiger partial charge is 0.324 e. The molecule has 0 saturated heterocycles. The maximum Gasteiger partial charge on any atom is 0.0537 e. The molecule has 98 valence electrons. The second kappa shape index (κ2) is 7.49. The highest BCUT2D eigenvalue weighted by Crippen LogP contribution is 2.17. The Balaban J connectivity index is 2.52. The Kier molecular flexibility index (Phi) is 6.27. The summed E-state index contributed by atoms with van der Waals surface area (Å²) in [4.78, 5) is 0. The fourth-order valence-corrected chi connectivity index (χ4v) is 2.09. The molecule has 2 atom stereocenters. The maximum absolute atomic E-state index is 6.00. The molecule has 1 aromatic heterocycles. The molecule has 2 N–H and O–H groups in total. The van der Waals surface area contributed by atoms with Gasteiger partial charge in [0.25, 0.3) is 0 Å². The van der Waals surface area contributed by atoms with Gasteiger partial charge in [0.2, 0.25) is 0 Å². The normalized spacial score (nSPS) is 14.8. The van der Waals surface area contributed by atoms with Crippen LogP contribution in [0.5, 0.6) is 0 Å². The number of rotatable bonds is 8. The highest BCUT2D eigenvalue weighted by Gasteiger charge is 2.10. The minimum atomic E-state index is 0.138. The van der Waals surface area contributed by atoms with E-state index in [-0.39, 0.29) is 6.04 Å². The first-order valence-corrected chi connectivity index (χ1v) is 6.99. The lowest BCUT2D eigenvalue weighted by Crippen LogP contribution is -2.11. The van der Waals surface area contributed by atoms with Crippen LogP contribution in [0.25, 0.3) is 0 Å². The van der Waals surface area contributed by atoms with Crippen molar-refractivity contribution in [3.63, 3.8) is 0 Å². The fraction of sp³-hybridized carbons (Fsp3) is 0.786. The minimum Gasteiger partial charge on any atom is -0.324 e. The highest BCUT2D eigenvalue weighted by atomic mass is 15.3. The number of nitrogens with two attached hydrogens (primary N) is 1. The summed E-state index contributed by atoms with van der Waals surface area (Å²) < 4.78 is 2.06. The third-order valence-electron chi connectivity index (χ3n) is 3.51. The highest BCUT2D eigenvalue weighted by molar-refractivity contribution is 5.09. The number of nitrogens with zero attached hydrogens (tertiary/aromatic N) is 2. The zero-order valence-electron chi connectivity index (χ0n) is 11.5. The molecular weight excluding hydrogens is 210 g/mol. The molecule has 0 amide bonds. The van der Waals surface area contributed by atoms with E-state index < -0.39 is 0 Å². The van der Waals surface area contributed by atoms with Crippen LogP contribution < -0.4 is 5.73 Å². The SMILES string of the molecule is CCCCC(CC)Cn1cc(C(N)CC)cn1. The molecule has 1 rings (SSSR count). The predicted molar refractivity (Wildman–Crippen MR) is 72.8 cm³/mol. The van der Waals surface area contributed by atoms with Crippen molar-refractivity contribution in [2.24, 2.45) is 11.7 Å². The molecule has 0 radical (unpaired) electrons. The van der Waals surface area contributed by atoms with E-state index >= 15 is 0 Å². The van der Waals surface area contributed by atoms with Gasteiger partial charge in [-0.25, -0.2) is 0 Å². The Bertz CT molecular complexity index is 306. The van der Waals surface area contributed by atoms with Crippen molar-refractivity contribution in [2.75, 3.05) is 0 Å². The molecule has 1 aromatic rings. The Hall–Kier alpha value is -0.830. The molecule has 0 fully saturated rings. The first-order valence-electron chi connectivity index (χ1n) is 6.99. The minimum absolute atomic E-state index is 0.138. The van der Waals surface area contributed by atoms with Crippen LogP contribution in [-0.4, -0.2) is 9.78 Å². The van der Waals surface area contributed by atoms with Crippen LogP contribution in [0.3, 0.4) is 0 Å². The number of hydrogen-bond acceptors (Lipinski definition) is 2. The summed E-state index contributed by atoms with van der Waals surface area (Å²) in [6.07, 6.45) is 10.1. The second-order valence-corrected chi connectivity index (χ2v) is 4.93. The molecule has 3 heteroatoms. The van der Waals surface area contributed by atoms with Crippen molar-refractivity contribution in [3.05, 3.63) is 18.0 Å². The van der Waals surface area contributed by atoms with Gasteiger partial charge < -0.3 is 5.73 Å². The smallest absolute Gasteiger partial charge is 0.0537 e. The van der Waals surface area contributed by atoms with E-state index in [0.717, 1.165) is 24.4 Å². The van der Waals surface area contributed by atoms with Crippen LogP contribution in [0, 0.1) is 5.92 Å². The molecular formula is C14H27N3. The zero-order chi connectivity index (χ0) is 12.7. The van der Waals surface area contributed by atoms with Crippen LogP contribution >= 0.6 is 0 Å². The van der Waals surface area contributed by atoms with Gasteiger partial charge in [-0.1, -0.05) is 40.0 Å². The zero-order valence-corrected chi connectivity index (χ0v) is 11.5. The molecule has 0 aliphatic heterocycles. The van der Waals surface area contributed by atoms with E-state index in [2.05, 4.69) is 36.7 Å². The lowest BCUT2D eigenvalue weighted by Gasteiger charge is -2.14. The van der Waals surface area contributed by atoms with Gasteiger partial charge in [0, 0.05) is 24.3 Å². The first kappa shape index (κ1) is 14.2. The van der Waals surface area contributed by atoms with Crippen LogP contribution in [0.4, 0.5) is 0 Å². The summed E-state index contributed by atoms with van der Waals surface area (Å²) in [7, 11) is 0. The van der Waals surface area contributed by atoms with Crippen molar-refractivity contribution in [3.8, 4) is 0 Å². The van der Waals surface area contributed by atoms with E-state index in [0.29, 0.717) is 0 Å². The van der Waals surface area contributed by atoms with Crippen molar-refractivity contribution in [1.29, 1.82) is 0 Å². The van der Waals surface area contributed by atoms with E-state index in [9.17, 15) is 0 Å². The topological polar surface area (TPSA) is 43.8 Å². The number of hydrogen-bond donors (Lipinski definition) is 1. The summed E-state index contributed by atoms with van der Waals surface area (Å²) in [5, 5.41) is 4.42. The lowest BCUT2D eigenvalue weighted by molar-refractivity contribution is 0.372. The van der Waals surface area contributed by atoms with E-state index in [4.69, 9.17) is 5.73 Å². The molecule has 0 aliphatic rings. The van der Waals surface area contributed by atoms with Gasteiger partial charge in [-0.15, -0.1) is 0 Å². The second-order valence-electron chi connectivity index (χ2n) is 4.93. The molecule has 0 aromatic carbocycles. The van der Waals surface area contributed by atoms with Crippen molar-refractivity contribution < 1.29 is 0 Å². The third-order valence-corrected chi connectivity index (χ3v) is 3.51.